The predicted octanol–water partition coefficient (Wildman–Crippen LogP) is 0.112. The maximum absolute atomic E-state index is 11.7. The average Bonchev–Trinajstić information content (AvgIpc) is 2.43. The van der Waals surface area contributed by atoms with Crippen LogP contribution in [0.15, 0.2) is 18.2 Å². The van der Waals surface area contributed by atoms with Crippen LogP contribution < -0.4 is 16.0 Å². The quantitative estimate of drug-likeness (QED) is 0.517. The lowest BCUT2D eigenvalue weighted by atomic mass is 10.1. The lowest BCUT2D eigenvalue weighted by Gasteiger charge is -2.07. The van der Waals surface area contributed by atoms with E-state index in [0.717, 1.165) is 0 Å². The zero-order chi connectivity index (χ0) is 14.4. The Balaban J connectivity index is 2.87. The van der Waals surface area contributed by atoms with E-state index in [2.05, 4.69) is 16.0 Å². The fourth-order valence-corrected chi connectivity index (χ4v) is 1.39. The van der Waals surface area contributed by atoms with Gasteiger partial charge in [0.25, 0.3) is 11.6 Å². The van der Waals surface area contributed by atoms with Crippen molar-refractivity contribution in [1.29, 1.82) is 0 Å². The van der Waals surface area contributed by atoms with E-state index in [4.69, 9.17) is 0 Å². The highest BCUT2D eigenvalue weighted by atomic mass is 16.6. The summed E-state index contributed by atoms with van der Waals surface area (Å²) in [6.07, 6.45) is 0. The largest absolute Gasteiger partial charge is 0.383 e. The molecule has 8 heteroatoms. The molecule has 0 heterocycles. The minimum atomic E-state index is -0.544. The van der Waals surface area contributed by atoms with Gasteiger partial charge in [-0.1, -0.05) is 0 Å². The molecule has 0 spiro atoms. The number of hydrogen-bond acceptors (Lipinski definition) is 5. The molecule has 0 fully saturated rings. The number of carbonyl (C=O) groups is 2. The molecule has 0 saturated carbocycles. The monoisotopic (exact) mass is 266 g/mol. The van der Waals surface area contributed by atoms with Crippen molar-refractivity contribution in [3.05, 3.63) is 33.9 Å². The maximum atomic E-state index is 11.7. The van der Waals surface area contributed by atoms with Crippen LogP contribution in [0.25, 0.3) is 0 Å². The third-order valence-corrected chi connectivity index (χ3v) is 2.41. The minimum Gasteiger partial charge on any atom is -0.383 e. The smallest absolute Gasteiger partial charge is 0.292 e. The van der Waals surface area contributed by atoms with Gasteiger partial charge in [0.05, 0.1) is 11.5 Å². The molecule has 19 heavy (non-hydrogen) atoms. The second-order valence-corrected chi connectivity index (χ2v) is 3.59. The normalized spacial score (nSPS) is 9.58. The van der Waals surface area contributed by atoms with Crippen molar-refractivity contribution < 1.29 is 14.5 Å². The van der Waals surface area contributed by atoms with Gasteiger partial charge in [0, 0.05) is 25.7 Å². The molecular weight excluding hydrogens is 252 g/mol. The molecule has 0 aliphatic rings. The molecule has 0 aliphatic carbocycles. The molecule has 0 aliphatic heterocycles. The van der Waals surface area contributed by atoms with Crippen molar-refractivity contribution in [2.45, 2.75) is 0 Å². The molecule has 0 atom stereocenters. The molecule has 0 saturated heterocycles. The molecule has 0 radical (unpaired) electrons. The van der Waals surface area contributed by atoms with Gasteiger partial charge in [0.15, 0.2) is 0 Å². The van der Waals surface area contributed by atoms with E-state index in [9.17, 15) is 19.7 Å². The van der Waals surface area contributed by atoms with Crippen LogP contribution in [-0.2, 0) is 4.79 Å². The van der Waals surface area contributed by atoms with Crippen molar-refractivity contribution in [2.75, 3.05) is 26.0 Å². The highest BCUT2D eigenvalue weighted by Gasteiger charge is 2.16. The Hall–Kier alpha value is -2.64. The minimum absolute atomic E-state index is 0.120. The predicted molar refractivity (Wildman–Crippen MR) is 69.0 cm³/mol. The highest BCUT2D eigenvalue weighted by molar-refractivity contribution is 5.97. The number of nitro groups is 1. The molecular formula is C11H14N4O4. The number of anilines is 1. The number of amides is 2. The van der Waals surface area contributed by atoms with Crippen LogP contribution in [0.3, 0.4) is 0 Å². The summed E-state index contributed by atoms with van der Waals surface area (Å²) in [5.41, 5.74) is 0.349. The van der Waals surface area contributed by atoms with Crippen LogP contribution in [0.2, 0.25) is 0 Å². The van der Waals surface area contributed by atoms with Gasteiger partial charge in [-0.3, -0.25) is 19.7 Å². The first kappa shape index (κ1) is 14.4. The Morgan fingerprint density at radius 2 is 2.00 bits per heavy atom. The number of carbonyl (C=O) groups excluding carboxylic acids is 2. The van der Waals surface area contributed by atoms with Gasteiger partial charge in [-0.05, 0) is 12.1 Å². The van der Waals surface area contributed by atoms with Crippen LogP contribution in [-0.4, -0.2) is 37.4 Å². The first-order valence-electron chi connectivity index (χ1n) is 5.44. The highest BCUT2D eigenvalue weighted by Crippen LogP contribution is 2.24. The SMILES string of the molecule is CNC(=O)CNC(=O)c1ccc([N+](=O)[O-])c(NC)c1. The van der Waals surface area contributed by atoms with E-state index < -0.39 is 10.8 Å². The Labute approximate surface area is 109 Å². The number of likely N-dealkylation sites (N-methyl/N-ethyl adjacent to an activating group) is 1. The lowest BCUT2D eigenvalue weighted by molar-refractivity contribution is -0.383. The maximum Gasteiger partial charge on any atom is 0.292 e. The molecule has 102 valence electrons. The molecule has 2 amide bonds. The van der Waals surface area contributed by atoms with E-state index in [1.54, 1.807) is 0 Å². The van der Waals surface area contributed by atoms with Crippen molar-refractivity contribution in [1.82, 2.24) is 10.6 Å². The van der Waals surface area contributed by atoms with Crippen molar-refractivity contribution in [2.24, 2.45) is 0 Å². The summed E-state index contributed by atoms with van der Waals surface area (Å²) in [6, 6.07) is 3.93. The second-order valence-electron chi connectivity index (χ2n) is 3.59. The van der Waals surface area contributed by atoms with Crippen molar-refractivity contribution >= 4 is 23.2 Å². The third-order valence-electron chi connectivity index (χ3n) is 2.41. The Morgan fingerprint density at radius 1 is 1.32 bits per heavy atom. The van der Waals surface area contributed by atoms with Gasteiger partial charge in [-0.25, -0.2) is 0 Å². The number of hydrogen-bond donors (Lipinski definition) is 3. The van der Waals surface area contributed by atoms with Crippen LogP contribution in [0.5, 0.6) is 0 Å². The average molecular weight is 266 g/mol. The molecule has 1 rings (SSSR count). The summed E-state index contributed by atoms with van der Waals surface area (Å²) < 4.78 is 0. The fourth-order valence-electron chi connectivity index (χ4n) is 1.39. The molecule has 0 aromatic heterocycles. The molecule has 1 aromatic carbocycles. The van der Waals surface area contributed by atoms with Crippen molar-refractivity contribution in [3.8, 4) is 0 Å². The van der Waals surface area contributed by atoms with Gasteiger partial charge in [-0.15, -0.1) is 0 Å². The number of nitrogens with zero attached hydrogens (tertiary/aromatic N) is 1. The first-order valence-corrected chi connectivity index (χ1v) is 5.44. The second kappa shape index (κ2) is 6.34. The van der Waals surface area contributed by atoms with Crippen LogP contribution in [0.1, 0.15) is 10.4 Å². The van der Waals surface area contributed by atoms with E-state index >= 15 is 0 Å². The summed E-state index contributed by atoms with van der Waals surface area (Å²) in [5, 5.41) is 18.1. The van der Waals surface area contributed by atoms with E-state index in [-0.39, 0.29) is 29.4 Å². The number of rotatable bonds is 5. The number of nitrogens with one attached hydrogen (secondary N) is 3. The Morgan fingerprint density at radius 3 is 2.53 bits per heavy atom. The lowest BCUT2D eigenvalue weighted by Crippen LogP contribution is -2.35. The summed E-state index contributed by atoms with van der Waals surface area (Å²) in [5.74, 6) is -0.806. The van der Waals surface area contributed by atoms with Crippen LogP contribution >= 0.6 is 0 Å². The first-order chi connectivity index (χ1) is 8.99. The summed E-state index contributed by atoms with van der Waals surface area (Å²) in [7, 11) is 2.98. The topological polar surface area (TPSA) is 113 Å². The van der Waals surface area contributed by atoms with Gasteiger partial charge < -0.3 is 16.0 Å². The molecule has 0 bridgehead atoms. The summed E-state index contributed by atoms with van der Waals surface area (Å²) in [4.78, 5) is 32.9. The van der Waals surface area contributed by atoms with Crippen LogP contribution in [0, 0.1) is 10.1 Å². The number of nitro benzene ring substituents is 1. The zero-order valence-corrected chi connectivity index (χ0v) is 10.5. The van der Waals surface area contributed by atoms with Gasteiger partial charge in [0.1, 0.15) is 5.69 Å². The van der Waals surface area contributed by atoms with Crippen molar-refractivity contribution in [3.63, 3.8) is 0 Å². The summed E-state index contributed by atoms with van der Waals surface area (Å²) >= 11 is 0. The van der Waals surface area contributed by atoms with Gasteiger partial charge in [-0.2, -0.15) is 0 Å². The van der Waals surface area contributed by atoms with Gasteiger partial charge in [0.2, 0.25) is 5.91 Å². The summed E-state index contributed by atoms with van der Waals surface area (Å²) in [6.45, 7) is -0.152. The molecule has 3 N–H and O–H groups in total. The Kier molecular flexibility index (Phi) is 4.81. The zero-order valence-electron chi connectivity index (χ0n) is 10.5. The third kappa shape index (κ3) is 3.66. The van der Waals surface area contributed by atoms with Gasteiger partial charge >= 0.3 is 0 Å². The standard InChI is InChI=1S/C11H14N4O4/c1-12-8-5-7(3-4-9(8)15(18)19)11(17)14-6-10(16)13-2/h3-5,12H,6H2,1-2H3,(H,13,16)(H,14,17). The van der Waals surface area contributed by atoms with E-state index in [1.807, 2.05) is 0 Å². The molecule has 1 aromatic rings. The molecule has 8 nitrogen and oxygen atoms in total. The fraction of sp³-hybridized carbons (Fsp3) is 0.273. The number of benzene rings is 1. The van der Waals surface area contributed by atoms with Crippen LogP contribution in [0.4, 0.5) is 11.4 Å². The molecule has 0 unspecified atom stereocenters. The van der Waals surface area contributed by atoms with E-state index in [1.165, 1.54) is 32.3 Å². The Bertz CT molecular complexity index is 515. The van der Waals surface area contributed by atoms with E-state index in [0.29, 0.717) is 0 Å².